The van der Waals surface area contributed by atoms with E-state index in [9.17, 15) is 0 Å². The summed E-state index contributed by atoms with van der Waals surface area (Å²) in [6, 6.07) is 8.58. The Morgan fingerprint density at radius 3 is 2.67 bits per heavy atom. The van der Waals surface area contributed by atoms with Gasteiger partial charge in [-0.1, -0.05) is 19.1 Å². The van der Waals surface area contributed by atoms with Crippen molar-refractivity contribution in [2.75, 3.05) is 13.7 Å². The Morgan fingerprint density at radius 2 is 2.11 bits per heavy atom. The molecule has 2 aromatic rings. The van der Waals surface area contributed by atoms with Crippen LogP contribution in [-0.2, 0) is 6.42 Å². The Bertz CT molecular complexity index is 453. The zero-order valence-electron chi connectivity index (χ0n) is 10.7. The molecule has 1 unspecified atom stereocenters. The summed E-state index contributed by atoms with van der Waals surface area (Å²) in [7, 11) is 1.69. The van der Waals surface area contributed by atoms with Crippen molar-refractivity contribution in [3.05, 3.63) is 46.4 Å². The van der Waals surface area contributed by atoms with Gasteiger partial charge in [0.1, 0.15) is 5.75 Å². The maximum absolute atomic E-state index is 5.17. The van der Waals surface area contributed by atoms with E-state index in [4.69, 9.17) is 4.74 Å². The number of ether oxygens (including phenoxy) is 1. The lowest BCUT2D eigenvalue weighted by Gasteiger charge is -2.16. The zero-order chi connectivity index (χ0) is 12.8. The van der Waals surface area contributed by atoms with Gasteiger partial charge >= 0.3 is 0 Å². The van der Waals surface area contributed by atoms with Gasteiger partial charge in [0.2, 0.25) is 0 Å². The van der Waals surface area contributed by atoms with E-state index >= 15 is 0 Å². The Balaban J connectivity index is 2.08. The summed E-state index contributed by atoms with van der Waals surface area (Å²) in [4.78, 5) is 5.44. The number of benzene rings is 1. The monoisotopic (exact) mass is 262 g/mol. The van der Waals surface area contributed by atoms with Crippen LogP contribution < -0.4 is 10.1 Å². The van der Waals surface area contributed by atoms with E-state index in [0.29, 0.717) is 6.04 Å². The SMILES string of the molecule is CCNC(Cc1ccc(OC)cc1)c1cncs1. The Kier molecular flexibility index (Phi) is 4.73. The van der Waals surface area contributed by atoms with E-state index in [2.05, 4.69) is 29.4 Å². The summed E-state index contributed by atoms with van der Waals surface area (Å²) < 4.78 is 5.17. The number of nitrogens with zero attached hydrogens (tertiary/aromatic N) is 1. The highest BCUT2D eigenvalue weighted by molar-refractivity contribution is 7.09. The third-order valence-corrected chi connectivity index (χ3v) is 3.73. The molecule has 0 spiro atoms. The van der Waals surface area contributed by atoms with Gasteiger partial charge in [-0.2, -0.15) is 0 Å². The molecule has 18 heavy (non-hydrogen) atoms. The van der Waals surface area contributed by atoms with Crippen LogP contribution in [0.25, 0.3) is 0 Å². The molecule has 1 aromatic carbocycles. The molecule has 0 saturated carbocycles. The topological polar surface area (TPSA) is 34.1 Å². The molecule has 4 heteroatoms. The highest BCUT2D eigenvalue weighted by Gasteiger charge is 2.12. The predicted octanol–water partition coefficient (Wildman–Crippen LogP) is 3.05. The lowest BCUT2D eigenvalue weighted by molar-refractivity contribution is 0.414. The molecule has 2 rings (SSSR count). The van der Waals surface area contributed by atoms with Crippen LogP contribution in [-0.4, -0.2) is 18.6 Å². The molecule has 96 valence electrons. The van der Waals surface area contributed by atoms with Gasteiger partial charge in [0, 0.05) is 17.1 Å². The Morgan fingerprint density at radius 1 is 1.33 bits per heavy atom. The lowest BCUT2D eigenvalue weighted by atomic mass is 10.0. The second-order valence-corrected chi connectivity index (χ2v) is 4.98. The van der Waals surface area contributed by atoms with Crippen LogP contribution in [0.3, 0.4) is 0 Å². The third-order valence-electron chi connectivity index (χ3n) is 2.84. The molecule has 3 nitrogen and oxygen atoms in total. The van der Waals surface area contributed by atoms with Crippen LogP contribution in [0.15, 0.2) is 36.0 Å². The van der Waals surface area contributed by atoms with E-state index in [1.807, 2.05) is 23.8 Å². The highest BCUT2D eigenvalue weighted by atomic mass is 32.1. The van der Waals surface area contributed by atoms with Gasteiger partial charge in [0.15, 0.2) is 0 Å². The van der Waals surface area contributed by atoms with Crippen molar-refractivity contribution in [2.45, 2.75) is 19.4 Å². The summed E-state index contributed by atoms with van der Waals surface area (Å²) in [6.07, 6.45) is 2.92. The average molecular weight is 262 g/mol. The van der Waals surface area contributed by atoms with Crippen LogP contribution in [0.5, 0.6) is 5.75 Å². The molecule has 1 aromatic heterocycles. The van der Waals surface area contributed by atoms with Crippen LogP contribution in [0, 0.1) is 0 Å². The number of thiazole rings is 1. The zero-order valence-corrected chi connectivity index (χ0v) is 11.5. The van der Waals surface area contributed by atoms with Crippen LogP contribution in [0.1, 0.15) is 23.4 Å². The normalized spacial score (nSPS) is 12.3. The van der Waals surface area contributed by atoms with Crippen LogP contribution in [0.4, 0.5) is 0 Å². The first-order chi connectivity index (χ1) is 8.83. The maximum Gasteiger partial charge on any atom is 0.118 e. The lowest BCUT2D eigenvalue weighted by Crippen LogP contribution is -2.22. The summed E-state index contributed by atoms with van der Waals surface area (Å²) in [6.45, 7) is 3.08. The second kappa shape index (κ2) is 6.52. The van der Waals surface area contributed by atoms with E-state index in [1.54, 1.807) is 18.4 Å². The molecule has 1 N–H and O–H groups in total. The van der Waals surface area contributed by atoms with Gasteiger partial charge in [0.25, 0.3) is 0 Å². The first-order valence-electron chi connectivity index (χ1n) is 6.08. The minimum absolute atomic E-state index is 0.343. The van der Waals surface area contributed by atoms with Crippen LogP contribution in [0.2, 0.25) is 0 Å². The fourth-order valence-electron chi connectivity index (χ4n) is 1.91. The minimum Gasteiger partial charge on any atom is -0.497 e. The number of methoxy groups -OCH3 is 1. The smallest absolute Gasteiger partial charge is 0.118 e. The molecule has 0 fully saturated rings. The van der Waals surface area contributed by atoms with E-state index in [-0.39, 0.29) is 0 Å². The van der Waals surface area contributed by atoms with Crippen molar-refractivity contribution in [1.29, 1.82) is 0 Å². The van der Waals surface area contributed by atoms with Gasteiger partial charge in [-0.25, -0.2) is 0 Å². The van der Waals surface area contributed by atoms with Crippen molar-refractivity contribution < 1.29 is 4.74 Å². The van der Waals surface area contributed by atoms with Crippen molar-refractivity contribution in [1.82, 2.24) is 10.3 Å². The molecule has 0 bridgehead atoms. The summed E-state index contributed by atoms with van der Waals surface area (Å²) in [5, 5.41) is 3.50. The first kappa shape index (κ1) is 13.1. The van der Waals surface area contributed by atoms with E-state index in [0.717, 1.165) is 18.7 Å². The molecule has 0 aliphatic carbocycles. The fourth-order valence-corrected chi connectivity index (χ4v) is 2.61. The van der Waals surface area contributed by atoms with Gasteiger partial charge in [-0.15, -0.1) is 11.3 Å². The number of likely N-dealkylation sites (N-methyl/N-ethyl adjacent to an activating group) is 1. The van der Waals surface area contributed by atoms with Crippen molar-refractivity contribution in [2.24, 2.45) is 0 Å². The number of rotatable bonds is 6. The minimum atomic E-state index is 0.343. The molecule has 0 aliphatic heterocycles. The van der Waals surface area contributed by atoms with Crippen molar-refractivity contribution in [3.63, 3.8) is 0 Å². The van der Waals surface area contributed by atoms with Gasteiger partial charge < -0.3 is 10.1 Å². The fraction of sp³-hybridized carbons (Fsp3) is 0.357. The average Bonchev–Trinajstić information content (AvgIpc) is 2.93. The molecular formula is C14H18N2OS. The maximum atomic E-state index is 5.17. The quantitative estimate of drug-likeness (QED) is 0.869. The standard InChI is InChI=1S/C14H18N2OS/c1-3-16-13(14-9-15-10-18-14)8-11-4-6-12(17-2)7-5-11/h4-7,9-10,13,16H,3,8H2,1-2H3. The Hall–Kier alpha value is -1.39. The number of aromatic nitrogens is 1. The molecule has 1 heterocycles. The molecule has 0 saturated heterocycles. The number of nitrogens with one attached hydrogen (secondary N) is 1. The highest BCUT2D eigenvalue weighted by Crippen LogP contribution is 2.22. The molecular weight excluding hydrogens is 244 g/mol. The van der Waals surface area contributed by atoms with E-state index < -0.39 is 0 Å². The number of hydrogen-bond acceptors (Lipinski definition) is 4. The summed E-state index contributed by atoms with van der Waals surface area (Å²) >= 11 is 1.70. The molecule has 0 aliphatic rings. The number of hydrogen-bond donors (Lipinski definition) is 1. The predicted molar refractivity (Wildman–Crippen MR) is 75.2 cm³/mol. The largest absolute Gasteiger partial charge is 0.497 e. The second-order valence-electron chi connectivity index (χ2n) is 4.07. The molecule has 0 amide bonds. The van der Waals surface area contributed by atoms with Crippen molar-refractivity contribution >= 4 is 11.3 Å². The molecule has 1 atom stereocenters. The molecule has 0 radical (unpaired) electrons. The first-order valence-corrected chi connectivity index (χ1v) is 6.96. The van der Waals surface area contributed by atoms with Crippen molar-refractivity contribution in [3.8, 4) is 5.75 Å². The summed E-state index contributed by atoms with van der Waals surface area (Å²) in [5.74, 6) is 0.900. The van der Waals surface area contributed by atoms with Gasteiger partial charge in [0.05, 0.1) is 12.6 Å². The third kappa shape index (κ3) is 3.31. The van der Waals surface area contributed by atoms with E-state index in [1.165, 1.54) is 10.4 Å². The Labute approximate surface area is 112 Å². The van der Waals surface area contributed by atoms with Crippen LogP contribution >= 0.6 is 11.3 Å². The summed E-state index contributed by atoms with van der Waals surface area (Å²) in [5.41, 5.74) is 3.18. The van der Waals surface area contributed by atoms with Gasteiger partial charge in [-0.3, -0.25) is 4.98 Å². The van der Waals surface area contributed by atoms with Gasteiger partial charge in [-0.05, 0) is 30.7 Å².